The number of rotatable bonds is 6. The molecule has 5 heterocycles. The van der Waals surface area contributed by atoms with Crippen molar-refractivity contribution in [3.63, 3.8) is 0 Å². The van der Waals surface area contributed by atoms with Crippen molar-refractivity contribution in [2.75, 3.05) is 14.2 Å². The van der Waals surface area contributed by atoms with Gasteiger partial charge in [-0.05, 0) is 74.1 Å². The Kier molecular flexibility index (Phi) is 7.59. The Morgan fingerprint density at radius 3 is 2.24 bits per heavy atom. The zero-order chi connectivity index (χ0) is 32.3. The summed E-state index contributed by atoms with van der Waals surface area (Å²) in [4.78, 5) is 59.7. The smallest absolute Gasteiger partial charge is 0.321 e. The standard InChI is InChI=1S/C36H36N4O5/c1-9-20-16(3)23-13-25-18(5)22(11-12-29(41)44-7)33(39-25)31-32(36(43)45-8)35(42)30-19(6)26(40-34(30)31)15-28-21(10-2)17(4)24(38-28)14-27(20)37-23/h9,13-15,18,22,32H,1,10-12H2,2-8H3. The molecular formula is C36H36N4O5. The van der Waals surface area contributed by atoms with Crippen molar-refractivity contribution in [2.45, 2.75) is 53.9 Å². The number of hydrogen-bond donors (Lipinski definition) is 0. The van der Waals surface area contributed by atoms with Crippen molar-refractivity contribution < 1.29 is 23.9 Å². The Hall–Kier alpha value is -4.79. The molecule has 3 unspecified atom stereocenters. The van der Waals surface area contributed by atoms with Gasteiger partial charge in [-0.2, -0.15) is 0 Å². The number of ketones is 1. The van der Waals surface area contributed by atoms with Crippen LogP contribution in [0.5, 0.6) is 0 Å². The Morgan fingerprint density at radius 1 is 0.911 bits per heavy atom. The SMILES string of the molecule is C=CC1=C(C)C2=CC3=NC(=C4C5=NC(=CC6=NC(=CC1=N2)C(C)=C6CC)C(C)=C5C(=O)C4C(=O)OC)C(CCC(=O)OC)C3C. The summed E-state index contributed by atoms with van der Waals surface area (Å²) >= 11 is 0. The van der Waals surface area contributed by atoms with Crippen molar-refractivity contribution in [3.05, 3.63) is 92.7 Å². The van der Waals surface area contributed by atoms with Gasteiger partial charge in [0.2, 0.25) is 0 Å². The lowest BCUT2D eigenvalue weighted by molar-refractivity contribution is -0.146. The lowest BCUT2D eigenvalue weighted by Crippen LogP contribution is -2.25. The first-order valence-electron chi connectivity index (χ1n) is 15.2. The molecule has 0 radical (unpaired) electrons. The second kappa shape index (κ2) is 11.3. The molecule has 0 aromatic heterocycles. The predicted octanol–water partition coefficient (Wildman–Crippen LogP) is 5.85. The topological polar surface area (TPSA) is 119 Å². The number of Topliss-reactive ketones (excluding diaryl/α,β-unsaturated/α-hetero) is 1. The average Bonchev–Trinajstić information content (AvgIpc) is 3.76. The van der Waals surface area contributed by atoms with Crippen LogP contribution in [0.3, 0.4) is 0 Å². The fraction of sp³-hybridized carbons (Fsp3) is 0.361. The number of nitrogens with zero attached hydrogens (tertiary/aromatic N) is 4. The van der Waals surface area contributed by atoms with Gasteiger partial charge in [0.1, 0.15) is 5.92 Å². The number of carbonyl (C=O) groups excluding carboxylic acids is 3. The van der Waals surface area contributed by atoms with Crippen LogP contribution in [0.25, 0.3) is 0 Å². The van der Waals surface area contributed by atoms with Gasteiger partial charge in [0.15, 0.2) is 5.78 Å². The summed E-state index contributed by atoms with van der Waals surface area (Å²) in [6.45, 7) is 14.1. The van der Waals surface area contributed by atoms with E-state index in [2.05, 4.69) is 20.4 Å². The third kappa shape index (κ3) is 4.64. The Bertz CT molecular complexity index is 1860. The van der Waals surface area contributed by atoms with E-state index in [0.29, 0.717) is 40.2 Å². The molecule has 9 nitrogen and oxygen atoms in total. The molecule has 6 rings (SSSR count). The van der Waals surface area contributed by atoms with E-state index in [1.807, 2.05) is 45.1 Å². The van der Waals surface area contributed by atoms with Gasteiger partial charge in [-0.1, -0.05) is 26.5 Å². The van der Waals surface area contributed by atoms with Gasteiger partial charge in [-0.25, -0.2) is 15.0 Å². The molecular weight excluding hydrogens is 568 g/mol. The first kappa shape index (κ1) is 30.2. The van der Waals surface area contributed by atoms with Crippen LogP contribution in [0, 0.1) is 17.8 Å². The number of fused-ring (bicyclic) bond motifs is 4. The van der Waals surface area contributed by atoms with Crippen LogP contribution in [0.1, 0.15) is 53.9 Å². The summed E-state index contributed by atoms with van der Waals surface area (Å²) in [5, 5.41) is 0. The zero-order valence-corrected chi connectivity index (χ0v) is 26.7. The molecule has 5 aliphatic heterocycles. The summed E-state index contributed by atoms with van der Waals surface area (Å²) in [7, 11) is 2.63. The molecule has 1 saturated carbocycles. The fourth-order valence-corrected chi connectivity index (χ4v) is 7.02. The second-order valence-corrected chi connectivity index (χ2v) is 11.9. The maximum absolute atomic E-state index is 14.0. The van der Waals surface area contributed by atoms with Gasteiger partial charge in [0.05, 0.1) is 54.1 Å². The van der Waals surface area contributed by atoms with Crippen LogP contribution in [-0.2, 0) is 23.9 Å². The van der Waals surface area contributed by atoms with Gasteiger partial charge in [0.25, 0.3) is 0 Å². The minimum absolute atomic E-state index is 0.151. The largest absolute Gasteiger partial charge is 0.469 e. The molecule has 3 atom stereocenters. The molecule has 9 heteroatoms. The maximum Gasteiger partial charge on any atom is 0.321 e. The quantitative estimate of drug-likeness (QED) is 0.278. The highest BCUT2D eigenvalue weighted by Crippen LogP contribution is 2.47. The monoisotopic (exact) mass is 604 g/mol. The second-order valence-electron chi connectivity index (χ2n) is 11.9. The van der Waals surface area contributed by atoms with Crippen molar-refractivity contribution in [2.24, 2.45) is 37.7 Å². The van der Waals surface area contributed by atoms with Gasteiger partial charge < -0.3 is 9.47 Å². The van der Waals surface area contributed by atoms with E-state index in [0.717, 1.165) is 57.2 Å². The number of esters is 2. The minimum atomic E-state index is -1.20. The van der Waals surface area contributed by atoms with E-state index in [1.165, 1.54) is 14.2 Å². The first-order valence-corrected chi connectivity index (χ1v) is 15.2. The van der Waals surface area contributed by atoms with Crippen LogP contribution in [0.15, 0.2) is 113 Å². The third-order valence-corrected chi connectivity index (χ3v) is 9.63. The lowest BCUT2D eigenvalue weighted by Gasteiger charge is -2.19. The highest BCUT2D eigenvalue weighted by molar-refractivity contribution is 6.42. The fourth-order valence-electron chi connectivity index (χ4n) is 7.02. The summed E-state index contributed by atoms with van der Waals surface area (Å²) < 4.78 is 10.1. The van der Waals surface area contributed by atoms with E-state index in [1.54, 1.807) is 0 Å². The van der Waals surface area contributed by atoms with E-state index in [-0.39, 0.29) is 30.0 Å². The van der Waals surface area contributed by atoms with Gasteiger partial charge in [0, 0.05) is 40.7 Å². The number of ether oxygens (including phenoxy) is 2. The average molecular weight is 605 g/mol. The maximum atomic E-state index is 14.0. The normalized spacial score (nSPS) is 25.3. The van der Waals surface area contributed by atoms with Gasteiger partial charge >= 0.3 is 11.9 Å². The molecule has 0 saturated heterocycles. The minimum Gasteiger partial charge on any atom is -0.469 e. The molecule has 8 bridgehead atoms. The predicted molar refractivity (Wildman–Crippen MR) is 174 cm³/mol. The highest BCUT2D eigenvalue weighted by atomic mass is 16.5. The lowest BCUT2D eigenvalue weighted by atomic mass is 9.83. The van der Waals surface area contributed by atoms with Crippen molar-refractivity contribution in [3.8, 4) is 0 Å². The van der Waals surface area contributed by atoms with Crippen molar-refractivity contribution in [1.82, 2.24) is 0 Å². The molecule has 0 aromatic rings. The molecule has 0 amide bonds. The molecule has 230 valence electrons. The third-order valence-electron chi connectivity index (χ3n) is 9.63. The zero-order valence-electron chi connectivity index (χ0n) is 26.7. The van der Waals surface area contributed by atoms with Gasteiger partial charge in [-0.15, -0.1) is 0 Å². The number of allylic oxidation sites excluding steroid dienone is 11. The Morgan fingerprint density at radius 2 is 1.58 bits per heavy atom. The molecule has 0 spiro atoms. The van der Waals surface area contributed by atoms with Crippen molar-refractivity contribution in [1.29, 1.82) is 0 Å². The molecule has 1 fully saturated rings. The van der Waals surface area contributed by atoms with Crippen LogP contribution >= 0.6 is 0 Å². The number of methoxy groups -OCH3 is 2. The van der Waals surface area contributed by atoms with Crippen LogP contribution in [0.4, 0.5) is 0 Å². The Balaban J connectivity index is 1.68. The summed E-state index contributed by atoms with van der Waals surface area (Å²) in [6, 6.07) is 0. The van der Waals surface area contributed by atoms with E-state index in [4.69, 9.17) is 29.4 Å². The summed E-state index contributed by atoms with van der Waals surface area (Å²) in [5.41, 5.74) is 11.0. The molecule has 1 aliphatic carbocycles. The van der Waals surface area contributed by atoms with E-state index in [9.17, 15) is 14.4 Å². The van der Waals surface area contributed by atoms with Gasteiger partial charge in [-0.3, -0.25) is 19.4 Å². The number of hydrogen-bond acceptors (Lipinski definition) is 9. The summed E-state index contributed by atoms with van der Waals surface area (Å²) in [6.07, 6.45) is 9.00. The van der Waals surface area contributed by atoms with Crippen LogP contribution < -0.4 is 0 Å². The highest BCUT2D eigenvalue weighted by Gasteiger charge is 2.51. The molecule has 0 aromatic carbocycles. The molecule has 45 heavy (non-hydrogen) atoms. The van der Waals surface area contributed by atoms with E-state index < -0.39 is 11.9 Å². The summed E-state index contributed by atoms with van der Waals surface area (Å²) in [5.74, 6) is -3.01. The number of aliphatic imine (C=N–C) groups is 4. The van der Waals surface area contributed by atoms with Crippen molar-refractivity contribution >= 4 is 40.6 Å². The first-order chi connectivity index (χ1) is 21.5. The Labute approximate surface area is 262 Å². The van der Waals surface area contributed by atoms with Crippen LogP contribution in [0.2, 0.25) is 0 Å². The van der Waals surface area contributed by atoms with Crippen LogP contribution in [-0.4, -0.2) is 54.8 Å². The molecule has 0 N–H and O–H groups in total. The number of carbonyl (C=O) groups is 3. The molecule has 6 aliphatic rings. The van der Waals surface area contributed by atoms with E-state index >= 15 is 0 Å².